The third-order valence-electron chi connectivity index (χ3n) is 3.41. The van der Waals surface area contributed by atoms with Crippen molar-refractivity contribution in [3.8, 4) is 5.75 Å². The number of hydrogen-bond donors (Lipinski definition) is 1. The molecule has 0 aliphatic rings. The molecule has 0 amide bonds. The van der Waals surface area contributed by atoms with Crippen LogP contribution in [-0.4, -0.2) is 11.7 Å². The second-order valence-corrected chi connectivity index (χ2v) is 5.10. The van der Waals surface area contributed by atoms with Crippen LogP contribution >= 0.6 is 11.6 Å². The maximum Gasteiger partial charge on any atom is 0.128 e. The molecule has 102 valence electrons. The normalized spacial score (nSPS) is 10.9. The van der Waals surface area contributed by atoms with E-state index in [1.807, 2.05) is 30.3 Å². The van der Waals surface area contributed by atoms with Crippen molar-refractivity contribution in [3.63, 3.8) is 0 Å². The van der Waals surface area contributed by atoms with Gasteiger partial charge in [0.15, 0.2) is 0 Å². The molecule has 0 aliphatic heterocycles. The Hall–Kier alpha value is -2.13. The van der Waals surface area contributed by atoms with Gasteiger partial charge < -0.3 is 15.0 Å². The highest BCUT2D eigenvalue weighted by Crippen LogP contribution is 2.27. The summed E-state index contributed by atoms with van der Waals surface area (Å²) in [6.45, 7) is 0.748. The van der Waals surface area contributed by atoms with Gasteiger partial charge in [0.05, 0.1) is 23.3 Å². The van der Waals surface area contributed by atoms with E-state index < -0.39 is 0 Å². The fraction of sp³-hybridized carbons (Fsp3) is 0.125. The van der Waals surface area contributed by atoms with Gasteiger partial charge in [0.2, 0.25) is 0 Å². The second kappa shape index (κ2) is 5.10. The Balaban J connectivity index is 2.00. The molecular weight excluding hydrogens is 272 g/mol. The van der Waals surface area contributed by atoms with Crippen molar-refractivity contribution in [2.24, 2.45) is 0 Å². The predicted octanol–water partition coefficient (Wildman–Crippen LogP) is 3.93. The van der Waals surface area contributed by atoms with E-state index in [-0.39, 0.29) is 0 Å². The monoisotopic (exact) mass is 286 g/mol. The summed E-state index contributed by atoms with van der Waals surface area (Å²) in [5.41, 5.74) is 8.71. The van der Waals surface area contributed by atoms with Crippen molar-refractivity contribution in [1.29, 1.82) is 0 Å². The lowest BCUT2D eigenvalue weighted by Gasteiger charge is -2.08. The lowest BCUT2D eigenvalue weighted by Crippen LogP contribution is -1.99. The summed E-state index contributed by atoms with van der Waals surface area (Å²) in [5, 5.41) is 1.70. The first-order valence-electron chi connectivity index (χ1n) is 6.35. The van der Waals surface area contributed by atoms with Gasteiger partial charge >= 0.3 is 0 Å². The van der Waals surface area contributed by atoms with Gasteiger partial charge in [-0.1, -0.05) is 23.7 Å². The Morgan fingerprint density at radius 1 is 1.20 bits per heavy atom. The molecular formula is C16H15ClN2O. The number of nitrogen functional groups attached to an aromatic ring is 1. The SMILES string of the molecule is COc1cccc2c1ccn2Cc1ccc(Cl)c(N)c1. The summed E-state index contributed by atoms with van der Waals surface area (Å²) in [6, 6.07) is 13.8. The van der Waals surface area contributed by atoms with E-state index in [0.717, 1.165) is 28.8 Å². The number of nitrogens with zero attached hydrogens (tertiary/aromatic N) is 1. The first-order chi connectivity index (χ1) is 9.69. The zero-order valence-electron chi connectivity index (χ0n) is 11.1. The highest BCUT2D eigenvalue weighted by molar-refractivity contribution is 6.33. The highest BCUT2D eigenvalue weighted by atomic mass is 35.5. The van der Waals surface area contributed by atoms with Crippen LogP contribution < -0.4 is 10.5 Å². The Morgan fingerprint density at radius 3 is 2.80 bits per heavy atom. The van der Waals surface area contributed by atoms with Gasteiger partial charge in [-0.25, -0.2) is 0 Å². The minimum atomic E-state index is 0.591. The lowest BCUT2D eigenvalue weighted by atomic mass is 10.2. The number of benzene rings is 2. The van der Waals surface area contributed by atoms with Crippen molar-refractivity contribution in [2.75, 3.05) is 12.8 Å². The molecule has 0 saturated carbocycles. The summed E-state index contributed by atoms with van der Waals surface area (Å²) >= 11 is 5.95. The predicted molar refractivity (Wildman–Crippen MR) is 83.5 cm³/mol. The lowest BCUT2D eigenvalue weighted by molar-refractivity contribution is 0.420. The summed E-state index contributed by atoms with van der Waals surface area (Å²) in [7, 11) is 1.69. The van der Waals surface area contributed by atoms with Crippen LogP contribution in [-0.2, 0) is 6.54 Å². The number of methoxy groups -OCH3 is 1. The quantitative estimate of drug-likeness (QED) is 0.741. The molecule has 0 aliphatic carbocycles. The minimum absolute atomic E-state index is 0.591. The number of aromatic nitrogens is 1. The van der Waals surface area contributed by atoms with Crippen molar-refractivity contribution in [1.82, 2.24) is 4.57 Å². The van der Waals surface area contributed by atoms with Gasteiger partial charge in [0, 0.05) is 18.1 Å². The number of halogens is 1. The molecule has 0 fully saturated rings. The van der Waals surface area contributed by atoms with Gasteiger partial charge in [0.1, 0.15) is 5.75 Å². The standard InChI is InChI=1S/C16H15ClN2O/c1-20-16-4-2-3-15-12(16)7-8-19(15)10-11-5-6-13(17)14(18)9-11/h2-9H,10,18H2,1H3. The van der Waals surface area contributed by atoms with Gasteiger partial charge in [-0.05, 0) is 35.9 Å². The zero-order chi connectivity index (χ0) is 14.1. The first-order valence-corrected chi connectivity index (χ1v) is 6.72. The molecule has 3 aromatic rings. The third kappa shape index (κ3) is 2.21. The van der Waals surface area contributed by atoms with E-state index in [9.17, 15) is 0 Å². The van der Waals surface area contributed by atoms with Gasteiger partial charge in [-0.15, -0.1) is 0 Å². The van der Waals surface area contributed by atoms with Crippen molar-refractivity contribution >= 4 is 28.2 Å². The number of anilines is 1. The van der Waals surface area contributed by atoms with E-state index >= 15 is 0 Å². The summed E-state index contributed by atoms with van der Waals surface area (Å²) in [4.78, 5) is 0. The zero-order valence-corrected chi connectivity index (χ0v) is 11.9. The second-order valence-electron chi connectivity index (χ2n) is 4.69. The highest BCUT2D eigenvalue weighted by Gasteiger charge is 2.06. The number of ether oxygens (including phenoxy) is 1. The average molecular weight is 287 g/mol. The molecule has 0 spiro atoms. The van der Waals surface area contributed by atoms with Crippen molar-refractivity contribution < 1.29 is 4.74 Å². The van der Waals surface area contributed by atoms with Crippen molar-refractivity contribution in [2.45, 2.75) is 6.54 Å². The van der Waals surface area contributed by atoms with Crippen LogP contribution in [0, 0.1) is 0 Å². The topological polar surface area (TPSA) is 40.2 Å². The smallest absolute Gasteiger partial charge is 0.128 e. The van der Waals surface area contributed by atoms with Gasteiger partial charge in [-0.3, -0.25) is 0 Å². The van der Waals surface area contributed by atoms with Gasteiger partial charge in [-0.2, -0.15) is 0 Å². The third-order valence-corrected chi connectivity index (χ3v) is 3.75. The molecule has 0 unspecified atom stereocenters. The van der Waals surface area contributed by atoms with Gasteiger partial charge in [0.25, 0.3) is 0 Å². The molecule has 0 saturated heterocycles. The minimum Gasteiger partial charge on any atom is -0.496 e. The fourth-order valence-electron chi connectivity index (χ4n) is 2.40. The average Bonchev–Trinajstić information content (AvgIpc) is 2.86. The maximum absolute atomic E-state index is 5.95. The molecule has 2 aromatic carbocycles. The van der Waals surface area contributed by atoms with E-state index in [4.69, 9.17) is 22.1 Å². The van der Waals surface area contributed by atoms with Crippen LogP contribution in [0.3, 0.4) is 0 Å². The molecule has 0 radical (unpaired) electrons. The van der Waals surface area contributed by atoms with Crippen molar-refractivity contribution in [3.05, 3.63) is 59.2 Å². The van der Waals surface area contributed by atoms with Crippen LogP contribution in [0.15, 0.2) is 48.7 Å². The number of nitrogens with two attached hydrogens (primary N) is 1. The first kappa shape index (κ1) is 12.9. The summed E-state index contributed by atoms with van der Waals surface area (Å²) in [5.74, 6) is 0.886. The summed E-state index contributed by atoms with van der Waals surface area (Å²) in [6.07, 6.45) is 2.05. The molecule has 2 N–H and O–H groups in total. The van der Waals surface area contributed by atoms with E-state index in [1.165, 1.54) is 0 Å². The maximum atomic E-state index is 5.95. The molecule has 0 atom stereocenters. The Labute approximate surface area is 122 Å². The Bertz CT molecular complexity index is 764. The molecule has 4 heteroatoms. The summed E-state index contributed by atoms with van der Waals surface area (Å²) < 4.78 is 7.54. The molecule has 1 heterocycles. The van der Waals surface area contributed by atoms with Crippen LogP contribution in [0.4, 0.5) is 5.69 Å². The van der Waals surface area contributed by atoms with Crippen LogP contribution in [0.25, 0.3) is 10.9 Å². The largest absolute Gasteiger partial charge is 0.496 e. The van der Waals surface area contributed by atoms with E-state index in [1.54, 1.807) is 7.11 Å². The molecule has 1 aromatic heterocycles. The molecule has 3 nitrogen and oxygen atoms in total. The molecule has 0 bridgehead atoms. The number of hydrogen-bond acceptors (Lipinski definition) is 2. The van der Waals surface area contributed by atoms with Crippen LogP contribution in [0.2, 0.25) is 5.02 Å². The Kier molecular flexibility index (Phi) is 3.28. The van der Waals surface area contributed by atoms with E-state index in [0.29, 0.717) is 10.7 Å². The van der Waals surface area contributed by atoms with E-state index in [2.05, 4.69) is 22.9 Å². The number of rotatable bonds is 3. The Morgan fingerprint density at radius 2 is 2.05 bits per heavy atom. The molecule has 20 heavy (non-hydrogen) atoms. The van der Waals surface area contributed by atoms with Crippen LogP contribution in [0.1, 0.15) is 5.56 Å². The molecule has 3 rings (SSSR count). The number of fused-ring (bicyclic) bond motifs is 1. The fourth-order valence-corrected chi connectivity index (χ4v) is 2.52. The van der Waals surface area contributed by atoms with Crippen LogP contribution in [0.5, 0.6) is 5.75 Å².